The minimum absolute atomic E-state index is 0.0313. The topological polar surface area (TPSA) is 555 Å². The monoisotopic (exact) mass is 1110 g/mol. The van der Waals surface area contributed by atoms with Crippen molar-refractivity contribution >= 4 is 59.2 Å². The third-order valence-electron chi connectivity index (χ3n) is 12.4. The Balaban J connectivity index is 3.63. The van der Waals surface area contributed by atoms with Crippen LogP contribution in [0.4, 0.5) is 0 Å². The summed E-state index contributed by atoms with van der Waals surface area (Å²) in [7, 11) is 0. The first-order valence-electron chi connectivity index (χ1n) is 27.0. The minimum Gasteiger partial charge on any atom is -0.480 e. The van der Waals surface area contributed by atoms with Gasteiger partial charge >= 0.3 is 5.97 Å². The number of carboxylic acids is 1. The second-order valence-corrected chi connectivity index (χ2v) is 19.0. The molecule has 0 saturated heterocycles. The van der Waals surface area contributed by atoms with Gasteiger partial charge in [0.25, 0.3) is 0 Å². The Morgan fingerprint density at radius 2 is 0.731 bits per heavy atom. The molecule has 1 aromatic rings. The summed E-state index contributed by atoms with van der Waals surface area (Å²) in [6.45, 7) is 1.70. The third kappa shape index (κ3) is 30.3. The van der Waals surface area contributed by atoms with Crippen LogP contribution < -0.4 is 94.6 Å². The number of aliphatic imine (C=N–C) groups is 2. The van der Waals surface area contributed by atoms with Gasteiger partial charge in [-0.15, -0.1) is 0 Å². The molecule has 444 valence electrons. The second kappa shape index (κ2) is 41.4. The molecule has 0 aliphatic heterocycles. The summed E-state index contributed by atoms with van der Waals surface area (Å²) in [5.74, 6) is -6.97. The average molecular weight is 1110 g/mol. The molecule has 0 unspecified atom stereocenters. The normalized spacial score (nSPS) is 14.1. The lowest BCUT2D eigenvalue weighted by Crippen LogP contribution is -2.60. The van der Waals surface area contributed by atoms with E-state index in [9.17, 15) is 43.5 Å². The number of hydrogen-bond donors (Lipinski definition) is 19. The third-order valence-corrected chi connectivity index (χ3v) is 12.4. The van der Waals surface area contributed by atoms with Crippen molar-refractivity contribution < 1.29 is 43.5 Å². The van der Waals surface area contributed by atoms with E-state index in [2.05, 4.69) is 57.2 Å². The molecule has 29 N–H and O–H groups in total. The number of aromatic nitrogens is 2. The molecule has 78 heavy (non-hydrogen) atoms. The molecule has 30 heteroatoms. The SMILES string of the molecule is NCCCC[C@H](NC(=O)[C@H](CCCN=C(N)N)NC(=O)[C@H](CCCN=C(N)N)NC(=O)[C@H](CCCCN)NC(=O)[C@H](CCCCN)NC(=O)[C@H](Cc1cnc[nH]1)NC(=O)[C@H](CCCCN)NC(=O)[C@@H](N)CCCCN)C(=O)O. The number of nitrogens with two attached hydrogens (primary N) is 10. The standard InChI is InChI=1S/C48H93N21O9/c49-20-6-1-13-31(54)39(70)63-32(14-2-7-21-50)44(75)69-38(27-30-28-59-29-62-30)45(76)67-34(16-4-9-23-52)41(72)64-33(15-3-8-22-51)40(71)65-35(18-11-25-60-47(55)56)42(73)66-36(19-12-26-61-48(57)58)43(74)68-37(46(77)78)17-5-10-24-53/h28-29,31-38H,1-27,49-54H2,(H,59,62)(H,63,70)(H,64,72)(H,65,71)(H,66,73)(H,67,76)(H,68,74)(H,69,75)(H,77,78)(H4,55,56,60)(H4,57,58,61)/t31-,32-,33-,34-,35-,36-,37-,38-/m0/s1. The summed E-state index contributed by atoms with van der Waals surface area (Å²) < 4.78 is 0. The Morgan fingerprint density at radius 3 is 1.05 bits per heavy atom. The first-order valence-corrected chi connectivity index (χ1v) is 27.0. The van der Waals surface area contributed by atoms with Gasteiger partial charge in [-0.05, 0) is 148 Å². The Morgan fingerprint density at radius 1 is 0.436 bits per heavy atom. The Kier molecular flexibility index (Phi) is 36.8. The van der Waals surface area contributed by atoms with Gasteiger partial charge < -0.3 is 105 Å². The Bertz CT molecular complexity index is 1990. The molecule has 1 rings (SSSR count). The van der Waals surface area contributed by atoms with Crippen molar-refractivity contribution in [3.05, 3.63) is 18.2 Å². The molecule has 0 bridgehead atoms. The van der Waals surface area contributed by atoms with Gasteiger partial charge in [-0.25, -0.2) is 9.78 Å². The number of guanidine groups is 2. The number of aromatic amines is 1. The van der Waals surface area contributed by atoms with Crippen molar-refractivity contribution in [2.24, 2.45) is 67.3 Å². The summed E-state index contributed by atoms with van der Waals surface area (Å²) in [5.41, 5.74) is 57.2. The van der Waals surface area contributed by atoms with E-state index in [-0.39, 0.29) is 95.9 Å². The predicted molar refractivity (Wildman–Crippen MR) is 296 cm³/mol. The predicted octanol–water partition coefficient (Wildman–Crippen LogP) is -5.49. The maximum absolute atomic E-state index is 14.4. The lowest BCUT2D eigenvalue weighted by atomic mass is 10.0. The van der Waals surface area contributed by atoms with Crippen LogP contribution in [0.15, 0.2) is 22.5 Å². The quantitative estimate of drug-likeness (QED) is 0.0165. The highest BCUT2D eigenvalue weighted by atomic mass is 16.4. The fourth-order valence-corrected chi connectivity index (χ4v) is 7.96. The van der Waals surface area contributed by atoms with Crippen LogP contribution in [0.5, 0.6) is 0 Å². The van der Waals surface area contributed by atoms with Gasteiger partial charge in [-0.2, -0.15) is 0 Å². The molecule has 7 amide bonds. The van der Waals surface area contributed by atoms with Crippen LogP contribution in [0, 0.1) is 0 Å². The van der Waals surface area contributed by atoms with Gasteiger partial charge in [0.2, 0.25) is 41.4 Å². The molecule has 0 aliphatic carbocycles. The molecule has 0 saturated carbocycles. The van der Waals surface area contributed by atoms with Gasteiger partial charge in [0.05, 0.1) is 12.4 Å². The fourth-order valence-electron chi connectivity index (χ4n) is 7.96. The summed E-state index contributed by atoms with van der Waals surface area (Å²) in [4.78, 5) is 125. The van der Waals surface area contributed by atoms with E-state index >= 15 is 0 Å². The fraction of sp³-hybridized carbons (Fsp3) is 0.729. The molecule has 0 aliphatic rings. The summed E-state index contributed by atoms with van der Waals surface area (Å²) in [6.07, 6.45) is 8.41. The number of nitrogens with zero attached hydrogens (tertiary/aromatic N) is 3. The van der Waals surface area contributed by atoms with Crippen molar-refractivity contribution in [2.75, 3.05) is 45.8 Å². The number of rotatable bonds is 45. The van der Waals surface area contributed by atoms with Gasteiger partial charge in [0, 0.05) is 31.4 Å². The van der Waals surface area contributed by atoms with Crippen molar-refractivity contribution in [3.8, 4) is 0 Å². The first-order chi connectivity index (χ1) is 37.3. The van der Waals surface area contributed by atoms with Crippen molar-refractivity contribution in [2.45, 2.75) is 177 Å². The summed E-state index contributed by atoms with van der Waals surface area (Å²) in [5, 5.41) is 28.7. The maximum atomic E-state index is 14.4. The number of carboxylic acid groups (broad SMARTS) is 1. The van der Waals surface area contributed by atoms with Crippen LogP contribution in [0.25, 0.3) is 0 Å². The number of H-pyrrole nitrogens is 1. The van der Waals surface area contributed by atoms with Crippen LogP contribution in [0.1, 0.15) is 128 Å². The number of amides is 7. The molecule has 30 nitrogen and oxygen atoms in total. The number of unbranched alkanes of at least 4 members (excludes halogenated alkanes) is 5. The Labute approximate surface area is 456 Å². The van der Waals surface area contributed by atoms with Crippen LogP contribution in [-0.2, 0) is 44.8 Å². The van der Waals surface area contributed by atoms with Gasteiger partial charge in [-0.3, -0.25) is 43.5 Å². The number of aliphatic carboxylic acids is 1. The van der Waals surface area contributed by atoms with Crippen molar-refractivity contribution in [3.63, 3.8) is 0 Å². The summed E-state index contributed by atoms with van der Waals surface area (Å²) in [6, 6.07) is -9.93. The molecule has 0 aromatic carbocycles. The van der Waals surface area contributed by atoms with E-state index in [0.717, 1.165) is 0 Å². The number of carbonyl (C=O) groups is 8. The second-order valence-electron chi connectivity index (χ2n) is 19.0. The zero-order valence-electron chi connectivity index (χ0n) is 45.2. The van der Waals surface area contributed by atoms with E-state index in [4.69, 9.17) is 57.3 Å². The highest BCUT2D eigenvalue weighted by Crippen LogP contribution is 2.12. The van der Waals surface area contributed by atoms with E-state index in [1.54, 1.807) is 0 Å². The highest BCUT2D eigenvalue weighted by molar-refractivity contribution is 5.97. The van der Waals surface area contributed by atoms with E-state index in [1.165, 1.54) is 12.5 Å². The molecule has 0 spiro atoms. The molecule has 1 aromatic heterocycles. The van der Waals surface area contributed by atoms with Crippen LogP contribution >= 0.6 is 0 Å². The van der Waals surface area contributed by atoms with Gasteiger partial charge in [-0.1, -0.05) is 6.42 Å². The number of imidazole rings is 1. The number of carbonyl (C=O) groups excluding carboxylic acids is 7. The van der Waals surface area contributed by atoms with Gasteiger partial charge in [0.15, 0.2) is 11.9 Å². The molecule has 8 atom stereocenters. The minimum atomic E-state index is -1.36. The molecule has 1 heterocycles. The first kappa shape index (κ1) is 69.3. The lowest BCUT2D eigenvalue weighted by molar-refractivity contribution is -0.142. The highest BCUT2D eigenvalue weighted by Gasteiger charge is 2.34. The number of hydrogen-bond acceptors (Lipinski definition) is 17. The van der Waals surface area contributed by atoms with E-state index < -0.39 is 95.7 Å². The zero-order chi connectivity index (χ0) is 58.3. The van der Waals surface area contributed by atoms with Gasteiger partial charge in [0.1, 0.15) is 42.3 Å². The van der Waals surface area contributed by atoms with Crippen molar-refractivity contribution in [1.29, 1.82) is 0 Å². The number of nitrogens with one attached hydrogen (secondary N) is 8. The largest absolute Gasteiger partial charge is 0.480 e. The average Bonchev–Trinajstić information content (AvgIpc) is 3.92. The molecular weight excluding hydrogens is 1010 g/mol. The van der Waals surface area contributed by atoms with E-state index in [0.29, 0.717) is 96.0 Å². The molecular formula is C48H93N21O9. The van der Waals surface area contributed by atoms with Crippen LogP contribution in [-0.4, -0.2) is 168 Å². The lowest BCUT2D eigenvalue weighted by Gasteiger charge is -2.28. The van der Waals surface area contributed by atoms with Crippen LogP contribution in [0.3, 0.4) is 0 Å². The molecule has 0 radical (unpaired) electrons. The smallest absolute Gasteiger partial charge is 0.326 e. The van der Waals surface area contributed by atoms with Crippen molar-refractivity contribution in [1.82, 2.24) is 47.2 Å². The zero-order valence-corrected chi connectivity index (χ0v) is 45.2. The maximum Gasteiger partial charge on any atom is 0.326 e. The summed E-state index contributed by atoms with van der Waals surface area (Å²) >= 11 is 0. The van der Waals surface area contributed by atoms with Crippen LogP contribution in [0.2, 0.25) is 0 Å². The Hall–Kier alpha value is -6.73. The molecule has 0 fully saturated rings. The van der Waals surface area contributed by atoms with E-state index in [1.807, 2.05) is 0 Å².